The molecule has 1 N–H and O–H groups in total. The summed E-state index contributed by atoms with van der Waals surface area (Å²) in [6.07, 6.45) is -0.359. The Morgan fingerprint density at radius 2 is 2.38 bits per heavy atom. The molecule has 1 atom stereocenters. The van der Waals surface area contributed by atoms with Gasteiger partial charge in [-0.15, -0.1) is 11.6 Å². The van der Waals surface area contributed by atoms with Crippen LogP contribution in [-0.4, -0.2) is 34.2 Å². The molecule has 1 aliphatic heterocycles. The van der Waals surface area contributed by atoms with Gasteiger partial charge in [0.2, 0.25) is 0 Å². The van der Waals surface area contributed by atoms with E-state index >= 15 is 0 Å². The van der Waals surface area contributed by atoms with Gasteiger partial charge in [-0.2, -0.15) is 0 Å². The van der Waals surface area contributed by atoms with Crippen LogP contribution in [0.25, 0.3) is 0 Å². The van der Waals surface area contributed by atoms with Gasteiger partial charge in [0.25, 0.3) is 13.1 Å². The fraction of sp³-hybridized carbons (Fsp3) is 0.571. The van der Waals surface area contributed by atoms with E-state index in [0.717, 1.165) is 0 Å². The van der Waals surface area contributed by atoms with Crippen LogP contribution in [0.4, 0.5) is 0 Å². The molecule has 0 aromatic carbocycles. The minimum absolute atomic E-state index is 0.0177. The second kappa shape index (κ2) is 4.95. The highest BCUT2D eigenvalue weighted by atomic mass is 35.5. The minimum atomic E-state index is -3.46. The van der Waals surface area contributed by atoms with E-state index in [0.29, 0.717) is 0 Å². The molecule has 0 aliphatic carbocycles. The standard InChI is InChI=1S/C7H10ClN2O5P/c1-5-6(10(12)13)4-16(14,7(5)9-11)15-3-2-8/h11H,2-4H2,1H3/b9-7-/t16-/m0/s1. The van der Waals surface area contributed by atoms with Gasteiger partial charge in [-0.25, -0.2) is 0 Å². The molecule has 1 aliphatic rings. The van der Waals surface area contributed by atoms with Crippen LogP contribution in [0.5, 0.6) is 0 Å². The van der Waals surface area contributed by atoms with Crippen molar-refractivity contribution in [3.05, 3.63) is 21.4 Å². The number of rotatable bonds is 4. The lowest BCUT2D eigenvalue weighted by atomic mass is 10.3. The monoisotopic (exact) mass is 268 g/mol. The summed E-state index contributed by atoms with van der Waals surface area (Å²) < 4.78 is 17.1. The van der Waals surface area contributed by atoms with Crippen LogP contribution < -0.4 is 0 Å². The molecule has 1 rings (SSSR count). The minimum Gasteiger partial charge on any atom is -0.410 e. The Kier molecular flexibility index (Phi) is 4.07. The largest absolute Gasteiger partial charge is 0.410 e. The molecule has 0 saturated carbocycles. The maximum atomic E-state index is 12.1. The van der Waals surface area contributed by atoms with E-state index in [1.54, 1.807) is 0 Å². The van der Waals surface area contributed by atoms with Crippen molar-refractivity contribution in [1.82, 2.24) is 0 Å². The fourth-order valence-electron chi connectivity index (χ4n) is 1.40. The van der Waals surface area contributed by atoms with Crippen LogP contribution in [0.15, 0.2) is 16.4 Å². The highest BCUT2D eigenvalue weighted by Gasteiger charge is 2.46. The highest BCUT2D eigenvalue weighted by molar-refractivity contribution is 7.78. The lowest BCUT2D eigenvalue weighted by molar-refractivity contribution is -0.424. The van der Waals surface area contributed by atoms with Crippen LogP contribution in [0.3, 0.4) is 0 Å². The van der Waals surface area contributed by atoms with Crippen molar-refractivity contribution in [2.45, 2.75) is 6.92 Å². The Morgan fingerprint density at radius 3 is 2.81 bits per heavy atom. The first-order chi connectivity index (χ1) is 7.46. The number of nitro groups is 1. The highest BCUT2D eigenvalue weighted by Crippen LogP contribution is 2.57. The van der Waals surface area contributed by atoms with Crippen molar-refractivity contribution in [3.63, 3.8) is 0 Å². The molecule has 1 heterocycles. The predicted molar refractivity (Wildman–Crippen MR) is 58.1 cm³/mol. The molecule has 0 spiro atoms. The summed E-state index contributed by atoms with van der Waals surface area (Å²) in [5.74, 6) is 0.107. The lowest BCUT2D eigenvalue weighted by Crippen LogP contribution is -2.04. The number of hydrogen-bond acceptors (Lipinski definition) is 6. The summed E-state index contributed by atoms with van der Waals surface area (Å²) >= 11 is 5.37. The fourth-order valence-corrected chi connectivity index (χ4v) is 3.86. The average Bonchev–Trinajstić information content (AvgIpc) is 2.48. The number of nitrogens with zero attached hydrogens (tertiary/aromatic N) is 2. The topological polar surface area (TPSA) is 102 Å². The Bertz CT molecular complexity index is 419. The zero-order valence-corrected chi connectivity index (χ0v) is 10.1. The number of allylic oxidation sites excluding steroid dienone is 2. The molecule has 0 aromatic heterocycles. The SMILES string of the molecule is CC1=C([N+](=O)[O-])C[P@](=O)(OCCCl)/C1=N\O. The Hall–Kier alpha value is -0.910. The van der Waals surface area contributed by atoms with Crippen LogP contribution in [0.1, 0.15) is 6.92 Å². The number of alkyl halides is 1. The van der Waals surface area contributed by atoms with Gasteiger partial charge in [-0.05, 0) is 6.92 Å². The number of halogens is 1. The molecule has 7 nitrogen and oxygen atoms in total. The first-order valence-corrected chi connectivity index (χ1v) is 6.67. The zero-order valence-electron chi connectivity index (χ0n) is 8.42. The molecular formula is C7H10ClN2O5P. The Morgan fingerprint density at radius 1 is 1.75 bits per heavy atom. The second-order valence-corrected chi connectivity index (χ2v) is 5.83. The molecule has 0 unspecified atom stereocenters. The van der Waals surface area contributed by atoms with E-state index in [-0.39, 0.29) is 35.4 Å². The number of oxime groups is 1. The van der Waals surface area contributed by atoms with E-state index in [2.05, 4.69) is 5.16 Å². The van der Waals surface area contributed by atoms with Gasteiger partial charge in [0, 0.05) is 5.88 Å². The molecule has 0 aromatic rings. The second-order valence-electron chi connectivity index (χ2n) is 3.11. The molecule has 0 radical (unpaired) electrons. The van der Waals surface area contributed by atoms with Gasteiger partial charge in [0.05, 0.1) is 17.1 Å². The van der Waals surface area contributed by atoms with Gasteiger partial charge in [-0.1, -0.05) is 5.16 Å². The molecule has 16 heavy (non-hydrogen) atoms. The van der Waals surface area contributed by atoms with E-state index in [1.165, 1.54) is 6.92 Å². The predicted octanol–water partition coefficient (Wildman–Crippen LogP) is 1.87. The molecule has 0 fully saturated rings. The van der Waals surface area contributed by atoms with E-state index < -0.39 is 12.3 Å². The van der Waals surface area contributed by atoms with Crippen molar-refractivity contribution in [2.75, 3.05) is 18.6 Å². The van der Waals surface area contributed by atoms with Gasteiger partial charge in [0.1, 0.15) is 6.16 Å². The van der Waals surface area contributed by atoms with Crippen molar-refractivity contribution >= 4 is 24.4 Å². The molecule has 9 heteroatoms. The summed E-state index contributed by atoms with van der Waals surface area (Å²) in [5.41, 5.74) is -0.402. The third-order valence-electron chi connectivity index (χ3n) is 2.14. The molecule has 0 saturated heterocycles. The summed E-state index contributed by atoms with van der Waals surface area (Å²) in [4.78, 5) is 9.99. The summed E-state index contributed by atoms with van der Waals surface area (Å²) in [5, 5.41) is 22.2. The van der Waals surface area contributed by atoms with Crippen LogP contribution in [0, 0.1) is 10.1 Å². The van der Waals surface area contributed by atoms with E-state index in [9.17, 15) is 14.7 Å². The van der Waals surface area contributed by atoms with E-state index in [4.69, 9.17) is 21.3 Å². The van der Waals surface area contributed by atoms with Gasteiger partial charge in [0.15, 0.2) is 5.45 Å². The normalized spacial score (nSPS) is 27.8. The van der Waals surface area contributed by atoms with Crippen molar-refractivity contribution in [1.29, 1.82) is 0 Å². The van der Waals surface area contributed by atoms with Crippen molar-refractivity contribution in [2.24, 2.45) is 5.16 Å². The van der Waals surface area contributed by atoms with Gasteiger partial charge >= 0.3 is 0 Å². The van der Waals surface area contributed by atoms with Crippen LogP contribution in [-0.2, 0) is 9.09 Å². The Labute approximate surface area is 96.3 Å². The van der Waals surface area contributed by atoms with Gasteiger partial charge in [-0.3, -0.25) is 14.7 Å². The van der Waals surface area contributed by atoms with Crippen molar-refractivity contribution in [3.8, 4) is 0 Å². The van der Waals surface area contributed by atoms with E-state index in [1.807, 2.05) is 0 Å². The smallest absolute Gasteiger partial charge is 0.264 e. The quantitative estimate of drug-likeness (QED) is 0.276. The van der Waals surface area contributed by atoms with Gasteiger partial charge < -0.3 is 9.73 Å². The average molecular weight is 269 g/mol. The lowest BCUT2D eigenvalue weighted by Gasteiger charge is -2.10. The third kappa shape index (κ3) is 2.26. The maximum absolute atomic E-state index is 12.1. The first kappa shape index (κ1) is 13.2. The van der Waals surface area contributed by atoms with Crippen LogP contribution in [0.2, 0.25) is 0 Å². The zero-order chi connectivity index (χ0) is 12.3. The molecule has 0 bridgehead atoms. The molecular weight excluding hydrogens is 259 g/mol. The molecule has 90 valence electrons. The summed E-state index contributed by atoms with van der Waals surface area (Å²) in [6.45, 7) is 1.35. The maximum Gasteiger partial charge on any atom is 0.264 e. The molecule has 0 amide bonds. The summed E-state index contributed by atoms with van der Waals surface area (Å²) in [7, 11) is -3.46. The summed E-state index contributed by atoms with van der Waals surface area (Å²) in [6, 6.07) is 0. The van der Waals surface area contributed by atoms with Crippen molar-refractivity contribution < 1.29 is 19.2 Å². The first-order valence-electron chi connectivity index (χ1n) is 4.33. The number of hydrogen-bond donors (Lipinski definition) is 1. The Balaban J connectivity index is 3.05. The van der Waals surface area contributed by atoms with Crippen LogP contribution >= 0.6 is 19.0 Å². The third-order valence-corrected chi connectivity index (χ3v) is 4.68.